The number of carbonyl (C=O) groups excluding carboxylic acids is 4. The van der Waals surface area contributed by atoms with Crippen LogP contribution in [0.3, 0.4) is 0 Å². The smallest absolute Gasteiger partial charge is 0.326 e. The molecular formula is C15H27N5O7. The second kappa shape index (κ2) is 11.1. The van der Waals surface area contributed by atoms with E-state index in [1.165, 1.54) is 6.92 Å². The van der Waals surface area contributed by atoms with E-state index in [2.05, 4.69) is 10.6 Å². The van der Waals surface area contributed by atoms with Gasteiger partial charge in [0.2, 0.25) is 23.6 Å². The molecule has 4 atom stereocenters. The molecule has 154 valence electrons. The van der Waals surface area contributed by atoms with Crippen LogP contribution in [-0.2, 0) is 24.0 Å². The number of rotatable bonds is 11. The predicted molar refractivity (Wildman–Crippen MR) is 92.8 cm³/mol. The lowest BCUT2D eigenvalue weighted by Gasteiger charge is -2.27. The molecular weight excluding hydrogens is 362 g/mol. The lowest BCUT2D eigenvalue weighted by Crippen LogP contribution is -2.60. The summed E-state index contributed by atoms with van der Waals surface area (Å²) in [5.74, 6) is -5.21. The molecule has 0 spiro atoms. The van der Waals surface area contributed by atoms with Gasteiger partial charge in [0.25, 0.3) is 0 Å². The van der Waals surface area contributed by atoms with Crippen LogP contribution in [-0.4, -0.2) is 70.6 Å². The molecule has 0 saturated carbocycles. The van der Waals surface area contributed by atoms with Crippen molar-refractivity contribution >= 4 is 29.6 Å². The number of primary amides is 1. The summed E-state index contributed by atoms with van der Waals surface area (Å²) in [6, 6.07) is -4.18. The first-order chi connectivity index (χ1) is 12.4. The van der Waals surface area contributed by atoms with Crippen molar-refractivity contribution in [3.8, 4) is 0 Å². The highest BCUT2D eigenvalue weighted by atomic mass is 16.4. The van der Waals surface area contributed by atoms with Crippen molar-refractivity contribution in [3.05, 3.63) is 0 Å². The van der Waals surface area contributed by atoms with Gasteiger partial charge in [-0.1, -0.05) is 13.8 Å². The number of carboxylic acids is 1. The Bertz CT molecular complexity index is 579. The van der Waals surface area contributed by atoms with E-state index >= 15 is 0 Å². The van der Waals surface area contributed by atoms with Gasteiger partial charge in [-0.25, -0.2) is 4.79 Å². The molecule has 0 heterocycles. The Morgan fingerprint density at radius 2 is 1.44 bits per heavy atom. The highest BCUT2D eigenvalue weighted by molar-refractivity contribution is 5.94. The van der Waals surface area contributed by atoms with Crippen LogP contribution < -0.4 is 27.4 Å². The molecule has 12 nitrogen and oxygen atoms in total. The van der Waals surface area contributed by atoms with Crippen LogP contribution in [0.2, 0.25) is 0 Å². The van der Waals surface area contributed by atoms with Gasteiger partial charge in [-0.15, -0.1) is 0 Å². The van der Waals surface area contributed by atoms with E-state index in [0.717, 1.165) is 0 Å². The quantitative estimate of drug-likeness (QED) is 0.187. The molecule has 0 aliphatic carbocycles. The number of nitrogens with two attached hydrogens (primary N) is 2. The number of amides is 4. The van der Waals surface area contributed by atoms with Gasteiger partial charge >= 0.3 is 5.97 Å². The van der Waals surface area contributed by atoms with E-state index in [1.807, 2.05) is 5.32 Å². The van der Waals surface area contributed by atoms with E-state index in [9.17, 15) is 29.1 Å². The highest BCUT2D eigenvalue weighted by Gasteiger charge is 2.33. The number of hydrogen-bond acceptors (Lipinski definition) is 7. The summed E-state index contributed by atoms with van der Waals surface area (Å²) in [6.07, 6.45) is -2.06. The predicted octanol–water partition coefficient (Wildman–Crippen LogP) is -3.60. The Kier molecular flexibility index (Phi) is 9.96. The van der Waals surface area contributed by atoms with Crippen molar-refractivity contribution in [2.24, 2.45) is 17.4 Å². The number of nitrogens with one attached hydrogen (secondary N) is 3. The summed E-state index contributed by atoms with van der Waals surface area (Å²) in [7, 11) is 0. The molecule has 0 aliphatic heterocycles. The maximum atomic E-state index is 12.4. The zero-order chi connectivity index (χ0) is 21.3. The Hall–Kier alpha value is -2.73. The fourth-order valence-corrected chi connectivity index (χ4v) is 2.08. The van der Waals surface area contributed by atoms with Crippen molar-refractivity contribution in [3.63, 3.8) is 0 Å². The molecule has 12 heteroatoms. The van der Waals surface area contributed by atoms with E-state index in [0.29, 0.717) is 0 Å². The van der Waals surface area contributed by atoms with Crippen LogP contribution in [0.25, 0.3) is 0 Å². The van der Waals surface area contributed by atoms with Gasteiger partial charge in [0.05, 0.1) is 19.1 Å². The number of aliphatic hydroxyl groups excluding tert-OH is 1. The Labute approximate surface area is 156 Å². The van der Waals surface area contributed by atoms with Crippen molar-refractivity contribution < 1.29 is 34.2 Å². The van der Waals surface area contributed by atoms with Crippen LogP contribution >= 0.6 is 0 Å². The summed E-state index contributed by atoms with van der Waals surface area (Å²) in [4.78, 5) is 58.2. The lowest BCUT2D eigenvalue weighted by atomic mass is 10.0. The first-order valence-electron chi connectivity index (χ1n) is 8.20. The zero-order valence-electron chi connectivity index (χ0n) is 15.4. The first-order valence-corrected chi connectivity index (χ1v) is 8.20. The Balaban J connectivity index is 5.27. The third-order valence-corrected chi connectivity index (χ3v) is 3.53. The number of aliphatic hydroxyl groups is 1. The first kappa shape index (κ1) is 24.3. The maximum absolute atomic E-state index is 12.4. The average Bonchev–Trinajstić information content (AvgIpc) is 2.54. The third kappa shape index (κ3) is 8.46. The van der Waals surface area contributed by atoms with Crippen molar-refractivity contribution in [2.75, 3.05) is 6.54 Å². The van der Waals surface area contributed by atoms with Crippen molar-refractivity contribution in [1.82, 2.24) is 16.0 Å². The van der Waals surface area contributed by atoms with E-state index in [1.54, 1.807) is 13.8 Å². The second-order valence-electron chi connectivity index (χ2n) is 6.29. The molecule has 0 aromatic rings. The highest BCUT2D eigenvalue weighted by Crippen LogP contribution is 2.04. The molecule has 0 bridgehead atoms. The minimum atomic E-state index is -1.62. The molecule has 0 aromatic heterocycles. The average molecular weight is 389 g/mol. The van der Waals surface area contributed by atoms with Crippen LogP contribution in [0.15, 0.2) is 0 Å². The molecule has 0 aromatic carbocycles. The molecule has 0 fully saturated rings. The van der Waals surface area contributed by atoms with Gasteiger partial charge in [-0.05, 0) is 12.8 Å². The van der Waals surface area contributed by atoms with Crippen LogP contribution in [0.4, 0.5) is 0 Å². The van der Waals surface area contributed by atoms with Gasteiger partial charge in [0, 0.05) is 0 Å². The summed E-state index contributed by atoms with van der Waals surface area (Å²) >= 11 is 0. The fraction of sp³-hybridized carbons (Fsp3) is 0.667. The fourth-order valence-electron chi connectivity index (χ4n) is 2.08. The van der Waals surface area contributed by atoms with Gasteiger partial charge in [-0.3, -0.25) is 19.2 Å². The lowest BCUT2D eigenvalue weighted by molar-refractivity contribution is -0.144. The molecule has 0 rings (SSSR count). The van der Waals surface area contributed by atoms with E-state index in [-0.39, 0.29) is 12.5 Å². The summed E-state index contributed by atoms with van der Waals surface area (Å²) in [5.41, 5.74) is 10.1. The topological polar surface area (TPSA) is 214 Å². The minimum Gasteiger partial charge on any atom is -0.480 e. The molecule has 0 radical (unpaired) electrons. The molecule has 27 heavy (non-hydrogen) atoms. The summed E-state index contributed by atoms with van der Waals surface area (Å²) in [6.45, 7) is 4.15. The molecule has 4 unspecified atom stereocenters. The Morgan fingerprint density at radius 3 is 1.81 bits per heavy atom. The SMILES string of the molecule is CC(C)C(NC(=O)CN)C(=O)NC(C(=O)NC(CC(N)=O)C(=O)O)C(C)O. The molecule has 0 aliphatic rings. The van der Waals surface area contributed by atoms with Gasteiger partial charge in [0.1, 0.15) is 18.1 Å². The summed E-state index contributed by atoms with van der Waals surface area (Å²) in [5, 5.41) is 25.5. The van der Waals surface area contributed by atoms with Gasteiger partial charge in [0.15, 0.2) is 0 Å². The number of aliphatic carboxylic acids is 1. The standard InChI is InChI=1S/C15H27N5O7/c1-6(2)11(19-10(23)5-16)13(24)20-12(7(3)21)14(25)18-8(15(26)27)4-9(17)22/h6-8,11-12,21H,4-5,16H2,1-3H3,(H2,17,22)(H,18,25)(H,19,23)(H,20,24)(H,26,27). The summed E-state index contributed by atoms with van der Waals surface area (Å²) < 4.78 is 0. The van der Waals surface area contributed by atoms with Crippen molar-refractivity contribution in [1.29, 1.82) is 0 Å². The van der Waals surface area contributed by atoms with Crippen LogP contribution in [0.1, 0.15) is 27.2 Å². The Morgan fingerprint density at radius 1 is 0.926 bits per heavy atom. The van der Waals surface area contributed by atoms with E-state index < -0.39 is 60.2 Å². The normalized spacial score (nSPS) is 15.2. The number of carboxylic acid groups (broad SMARTS) is 1. The largest absolute Gasteiger partial charge is 0.480 e. The molecule has 4 amide bonds. The van der Waals surface area contributed by atoms with Gasteiger partial charge in [-0.2, -0.15) is 0 Å². The van der Waals surface area contributed by atoms with Gasteiger partial charge < -0.3 is 37.6 Å². The molecule has 9 N–H and O–H groups in total. The number of carbonyl (C=O) groups is 5. The zero-order valence-corrected chi connectivity index (χ0v) is 15.4. The second-order valence-corrected chi connectivity index (χ2v) is 6.29. The van der Waals surface area contributed by atoms with E-state index in [4.69, 9.17) is 16.6 Å². The molecule has 0 saturated heterocycles. The van der Waals surface area contributed by atoms with Crippen molar-refractivity contribution in [2.45, 2.75) is 51.4 Å². The van der Waals surface area contributed by atoms with Crippen LogP contribution in [0.5, 0.6) is 0 Å². The number of hydrogen-bond donors (Lipinski definition) is 7. The monoisotopic (exact) mass is 389 g/mol. The van der Waals surface area contributed by atoms with Crippen LogP contribution in [0, 0.1) is 5.92 Å². The minimum absolute atomic E-state index is 0.343. The third-order valence-electron chi connectivity index (χ3n) is 3.53. The maximum Gasteiger partial charge on any atom is 0.326 e.